The van der Waals surface area contributed by atoms with Gasteiger partial charge >= 0.3 is 0 Å². The number of pyridine rings is 1. The van der Waals surface area contributed by atoms with E-state index >= 15 is 0 Å². The molecule has 0 saturated carbocycles. The summed E-state index contributed by atoms with van der Waals surface area (Å²) in [6.45, 7) is 1.84. The molecule has 16 heavy (non-hydrogen) atoms. The van der Waals surface area contributed by atoms with Gasteiger partial charge in [0.15, 0.2) is 0 Å². The SMILES string of the molecule is CNCC1CCCOC1c1ccc(Br)cn1. The monoisotopic (exact) mass is 284 g/mol. The maximum atomic E-state index is 5.85. The van der Waals surface area contributed by atoms with Gasteiger partial charge in [-0.05, 0) is 48.0 Å². The lowest BCUT2D eigenvalue weighted by molar-refractivity contribution is -0.0297. The lowest BCUT2D eigenvalue weighted by Gasteiger charge is -2.31. The Morgan fingerprint density at radius 1 is 1.56 bits per heavy atom. The van der Waals surface area contributed by atoms with Crippen LogP contribution >= 0.6 is 15.9 Å². The van der Waals surface area contributed by atoms with Gasteiger partial charge in [-0.1, -0.05) is 0 Å². The van der Waals surface area contributed by atoms with Gasteiger partial charge in [-0.2, -0.15) is 0 Å². The molecule has 4 heteroatoms. The predicted molar refractivity (Wildman–Crippen MR) is 67.3 cm³/mol. The van der Waals surface area contributed by atoms with Crippen LogP contribution in [-0.4, -0.2) is 25.2 Å². The molecule has 1 aromatic rings. The number of halogens is 1. The minimum absolute atomic E-state index is 0.147. The summed E-state index contributed by atoms with van der Waals surface area (Å²) in [7, 11) is 1.99. The molecule has 0 aromatic carbocycles. The summed E-state index contributed by atoms with van der Waals surface area (Å²) in [6, 6.07) is 4.07. The normalized spacial score (nSPS) is 25.6. The van der Waals surface area contributed by atoms with Crippen LogP contribution in [0.4, 0.5) is 0 Å². The Hall–Kier alpha value is -0.450. The lowest BCUT2D eigenvalue weighted by Crippen LogP contribution is -2.30. The van der Waals surface area contributed by atoms with Crippen LogP contribution in [0.3, 0.4) is 0 Å². The van der Waals surface area contributed by atoms with Crippen molar-refractivity contribution < 1.29 is 4.74 Å². The number of rotatable bonds is 3. The molecule has 2 atom stereocenters. The van der Waals surface area contributed by atoms with Crippen LogP contribution in [0.15, 0.2) is 22.8 Å². The first-order valence-electron chi connectivity index (χ1n) is 5.69. The fourth-order valence-corrected chi connectivity index (χ4v) is 2.43. The number of nitrogens with one attached hydrogen (secondary N) is 1. The molecular weight excluding hydrogens is 268 g/mol. The van der Waals surface area contributed by atoms with Crippen LogP contribution in [0, 0.1) is 5.92 Å². The van der Waals surface area contributed by atoms with E-state index < -0.39 is 0 Å². The molecule has 1 aliphatic rings. The third-order valence-electron chi connectivity index (χ3n) is 2.95. The summed E-state index contributed by atoms with van der Waals surface area (Å²) in [5.41, 5.74) is 1.04. The zero-order valence-electron chi connectivity index (χ0n) is 9.45. The number of hydrogen-bond acceptors (Lipinski definition) is 3. The maximum Gasteiger partial charge on any atom is 0.103 e. The van der Waals surface area contributed by atoms with E-state index in [9.17, 15) is 0 Å². The highest BCUT2D eigenvalue weighted by Crippen LogP contribution is 2.32. The second kappa shape index (κ2) is 5.75. The lowest BCUT2D eigenvalue weighted by atomic mass is 9.92. The van der Waals surface area contributed by atoms with Gasteiger partial charge in [0.2, 0.25) is 0 Å². The molecule has 1 saturated heterocycles. The minimum Gasteiger partial charge on any atom is -0.372 e. The molecule has 2 heterocycles. The number of nitrogens with zero attached hydrogens (tertiary/aromatic N) is 1. The van der Waals surface area contributed by atoms with E-state index in [0.717, 1.165) is 29.7 Å². The highest BCUT2D eigenvalue weighted by Gasteiger charge is 2.27. The zero-order chi connectivity index (χ0) is 11.4. The summed E-state index contributed by atoms with van der Waals surface area (Å²) >= 11 is 3.40. The summed E-state index contributed by atoms with van der Waals surface area (Å²) in [4.78, 5) is 4.43. The van der Waals surface area contributed by atoms with E-state index in [0.29, 0.717) is 5.92 Å². The van der Waals surface area contributed by atoms with Gasteiger partial charge in [0.25, 0.3) is 0 Å². The van der Waals surface area contributed by atoms with Crippen LogP contribution in [0.2, 0.25) is 0 Å². The molecule has 2 rings (SSSR count). The first kappa shape index (κ1) is 12.0. The van der Waals surface area contributed by atoms with Crippen molar-refractivity contribution in [2.45, 2.75) is 18.9 Å². The standard InChI is InChI=1S/C12H17BrN2O/c1-14-7-9-3-2-6-16-12(9)11-5-4-10(13)8-15-11/h4-5,8-9,12,14H,2-3,6-7H2,1H3. The van der Waals surface area contributed by atoms with E-state index in [1.807, 2.05) is 25.4 Å². The Labute approximate surface area is 105 Å². The van der Waals surface area contributed by atoms with Crippen molar-refractivity contribution in [1.82, 2.24) is 10.3 Å². The molecule has 2 unspecified atom stereocenters. The summed E-state index contributed by atoms with van der Waals surface area (Å²) < 4.78 is 6.86. The van der Waals surface area contributed by atoms with Gasteiger partial charge in [-0.3, -0.25) is 4.98 Å². The second-order valence-electron chi connectivity index (χ2n) is 4.15. The molecular formula is C12H17BrN2O. The van der Waals surface area contributed by atoms with Crippen LogP contribution < -0.4 is 5.32 Å². The van der Waals surface area contributed by atoms with Crippen molar-refractivity contribution in [3.05, 3.63) is 28.5 Å². The van der Waals surface area contributed by atoms with Crippen molar-refractivity contribution in [3.8, 4) is 0 Å². The summed E-state index contributed by atoms with van der Waals surface area (Å²) in [5.74, 6) is 0.535. The summed E-state index contributed by atoms with van der Waals surface area (Å²) in [5, 5.41) is 3.23. The van der Waals surface area contributed by atoms with Crippen molar-refractivity contribution >= 4 is 15.9 Å². The van der Waals surface area contributed by atoms with Gasteiger partial charge in [0, 0.05) is 29.7 Å². The largest absolute Gasteiger partial charge is 0.372 e. The van der Waals surface area contributed by atoms with Crippen molar-refractivity contribution in [2.75, 3.05) is 20.2 Å². The van der Waals surface area contributed by atoms with Crippen LogP contribution in [-0.2, 0) is 4.74 Å². The van der Waals surface area contributed by atoms with E-state index in [1.54, 1.807) is 0 Å². The smallest absolute Gasteiger partial charge is 0.103 e. The van der Waals surface area contributed by atoms with Gasteiger partial charge < -0.3 is 10.1 Å². The fourth-order valence-electron chi connectivity index (χ4n) is 2.20. The van der Waals surface area contributed by atoms with Gasteiger partial charge in [0.05, 0.1) is 5.69 Å². The van der Waals surface area contributed by atoms with Gasteiger partial charge in [-0.25, -0.2) is 0 Å². The Balaban J connectivity index is 2.13. The average molecular weight is 285 g/mol. The first-order chi connectivity index (χ1) is 7.81. The molecule has 1 N–H and O–H groups in total. The molecule has 0 spiro atoms. The van der Waals surface area contributed by atoms with Crippen LogP contribution in [0.25, 0.3) is 0 Å². The Morgan fingerprint density at radius 3 is 3.12 bits per heavy atom. The molecule has 0 radical (unpaired) electrons. The van der Waals surface area contributed by atoms with E-state index in [4.69, 9.17) is 4.74 Å². The predicted octanol–water partition coefficient (Wildman–Crippen LogP) is 2.53. The maximum absolute atomic E-state index is 5.85. The van der Waals surface area contributed by atoms with Crippen LogP contribution in [0.5, 0.6) is 0 Å². The summed E-state index contributed by atoms with van der Waals surface area (Å²) in [6.07, 6.45) is 4.35. The number of aromatic nitrogens is 1. The average Bonchev–Trinajstić information content (AvgIpc) is 2.32. The molecule has 1 fully saturated rings. The molecule has 88 valence electrons. The number of ether oxygens (including phenoxy) is 1. The minimum atomic E-state index is 0.147. The highest BCUT2D eigenvalue weighted by molar-refractivity contribution is 9.10. The molecule has 1 aromatic heterocycles. The van der Waals surface area contributed by atoms with Gasteiger partial charge in [0.1, 0.15) is 6.10 Å². The third kappa shape index (κ3) is 2.81. The highest BCUT2D eigenvalue weighted by atomic mass is 79.9. The molecule has 0 amide bonds. The fraction of sp³-hybridized carbons (Fsp3) is 0.583. The van der Waals surface area contributed by atoms with Crippen LogP contribution in [0.1, 0.15) is 24.6 Å². The molecule has 0 bridgehead atoms. The van der Waals surface area contributed by atoms with Crippen molar-refractivity contribution in [1.29, 1.82) is 0 Å². The Morgan fingerprint density at radius 2 is 2.44 bits per heavy atom. The second-order valence-corrected chi connectivity index (χ2v) is 5.07. The van der Waals surface area contributed by atoms with Crippen molar-refractivity contribution in [3.63, 3.8) is 0 Å². The number of hydrogen-bond donors (Lipinski definition) is 1. The van der Waals surface area contributed by atoms with E-state index in [1.165, 1.54) is 6.42 Å². The quantitative estimate of drug-likeness (QED) is 0.926. The molecule has 1 aliphatic heterocycles. The first-order valence-corrected chi connectivity index (χ1v) is 6.48. The van der Waals surface area contributed by atoms with E-state index in [2.05, 4.69) is 26.2 Å². The van der Waals surface area contributed by atoms with Gasteiger partial charge in [-0.15, -0.1) is 0 Å². The topological polar surface area (TPSA) is 34.1 Å². The molecule has 0 aliphatic carbocycles. The zero-order valence-corrected chi connectivity index (χ0v) is 11.0. The van der Waals surface area contributed by atoms with E-state index in [-0.39, 0.29) is 6.10 Å². The molecule has 3 nitrogen and oxygen atoms in total. The van der Waals surface area contributed by atoms with Crippen molar-refractivity contribution in [2.24, 2.45) is 5.92 Å². The Bertz CT molecular complexity index is 326. The Kier molecular flexibility index (Phi) is 4.32. The third-order valence-corrected chi connectivity index (χ3v) is 3.42.